The first-order valence-corrected chi connectivity index (χ1v) is 4.85. The van der Waals surface area contributed by atoms with E-state index in [0.29, 0.717) is 5.78 Å². The van der Waals surface area contributed by atoms with Crippen LogP contribution in [-0.4, -0.2) is 31.5 Å². The number of carboxylic acid groups (broad SMARTS) is 1. The van der Waals surface area contributed by atoms with E-state index in [0.717, 1.165) is 11.3 Å². The molecule has 6 nitrogen and oxygen atoms in total. The highest BCUT2D eigenvalue weighted by molar-refractivity contribution is 5.73. The third-order valence-corrected chi connectivity index (χ3v) is 2.26. The van der Waals surface area contributed by atoms with Crippen LogP contribution in [-0.2, 0) is 11.2 Å². The topological polar surface area (TPSA) is 93.5 Å². The van der Waals surface area contributed by atoms with Crippen LogP contribution in [0, 0.1) is 6.92 Å². The number of aromatic nitrogens is 3. The Bertz CT molecular complexity index is 535. The number of carboxylic acids is 1. The van der Waals surface area contributed by atoms with Crippen molar-refractivity contribution < 1.29 is 9.90 Å². The first-order chi connectivity index (χ1) is 7.56. The average molecular weight is 220 g/mol. The number of nitrogens with two attached hydrogens (primary N) is 1. The summed E-state index contributed by atoms with van der Waals surface area (Å²) in [5.74, 6) is -0.410. The van der Waals surface area contributed by atoms with Gasteiger partial charge in [0.25, 0.3) is 0 Å². The smallest absolute Gasteiger partial charge is 0.320 e. The van der Waals surface area contributed by atoms with Gasteiger partial charge in [0.2, 0.25) is 5.78 Å². The van der Waals surface area contributed by atoms with Gasteiger partial charge in [-0.3, -0.25) is 9.20 Å². The van der Waals surface area contributed by atoms with Crippen molar-refractivity contribution >= 4 is 11.7 Å². The van der Waals surface area contributed by atoms with Gasteiger partial charge in [0.1, 0.15) is 6.04 Å². The molecule has 0 spiro atoms. The van der Waals surface area contributed by atoms with Gasteiger partial charge in [-0.2, -0.15) is 0 Å². The number of imidazole rings is 1. The zero-order valence-electron chi connectivity index (χ0n) is 8.79. The number of hydrogen-bond donors (Lipinski definition) is 2. The molecule has 0 aliphatic heterocycles. The maximum atomic E-state index is 10.6. The molecule has 16 heavy (non-hydrogen) atoms. The van der Waals surface area contributed by atoms with E-state index in [-0.39, 0.29) is 6.42 Å². The molecule has 3 N–H and O–H groups in total. The van der Waals surface area contributed by atoms with Gasteiger partial charge in [-0.25, -0.2) is 9.97 Å². The molecule has 0 saturated heterocycles. The Hall–Kier alpha value is -1.95. The Labute approximate surface area is 91.7 Å². The molecule has 2 heterocycles. The normalized spacial score (nSPS) is 12.9. The summed E-state index contributed by atoms with van der Waals surface area (Å²) in [6.07, 6.45) is 5.49. The van der Waals surface area contributed by atoms with Crippen LogP contribution < -0.4 is 5.73 Å². The van der Waals surface area contributed by atoms with Gasteiger partial charge < -0.3 is 10.8 Å². The number of fused-ring (bicyclic) bond motifs is 1. The van der Waals surface area contributed by atoms with Crippen molar-refractivity contribution in [2.45, 2.75) is 19.4 Å². The highest BCUT2D eigenvalue weighted by atomic mass is 16.4. The van der Waals surface area contributed by atoms with Gasteiger partial charge in [-0.1, -0.05) is 0 Å². The summed E-state index contributed by atoms with van der Waals surface area (Å²) in [6.45, 7) is 1.87. The van der Waals surface area contributed by atoms with E-state index in [1.54, 1.807) is 16.8 Å². The fourth-order valence-corrected chi connectivity index (χ4v) is 1.49. The minimum Gasteiger partial charge on any atom is -0.480 e. The van der Waals surface area contributed by atoms with E-state index in [4.69, 9.17) is 10.8 Å². The van der Waals surface area contributed by atoms with Crippen molar-refractivity contribution in [1.29, 1.82) is 0 Å². The molecule has 1 unspecified atom stereocenters. The molecule has 0 aliphatic rings. The molecular weight excluding hydrogens is 208 g/mol. The molecule has 0 aromatic carbocycles. The van der Waals surface area contributed by atoms with Crippen LogP contribution in [0.2, 0.25) is 0 Å². The molecule has 0 bridgehead atoms. The zero-order chi connectivity index (χ0) is 11.7. The highest BCUT2D eigenvalue weighted by Gasteiger charge is 2.12. The molecule has 2 rings (SSSR count). The van der Waals surface area contributed by atoms with E-state index in [9.17, 15) is 4.79 Å². The molecule has 0 amide bonds. The van der Waals surface area contributed by atoms with Crippen LogP contribution in [0.1, 0.15) is 11.3 Å². The number of aryl methyl sites for hydroxylation is 1. The lowest BCUT2D eigenvalue weighted by atomic mass is 10.1. The molecule has 0 fully saturated rings. The average Bonchev–Trinajstić information content (AvgIpc) is 2.57. The predicted octanol–water partition coefficient (Wildman–Crippen LogP) is -0.00788. The fourth-order valence-electron chi connectivity index (χ4n) is 1.49. The Morgan fingerprint density at radius 3 is 3.06 bits per heavy atom. The SMILES string of the molecule is Cc1cn2cc(CC(N)C(=O)O)cnc2n1. The summed E-state index contributed by atoms with van der Waals surface area (Å²) in [4.78, 5) is 18.9. The van der Waals surface area contributed by atoms with Crippen LogP contribution in [0.4, 0.5) is 0 Å². The van der Waals surface area contributed by atoms with Crippen molar-refractivity contribution in [3.8, 4) is 0 Å². The lowest BCUT2D eigenvalue weighted by Gasteiger charge is -2.05. The number of hydrogen-bond acceptors (Lipinski definition) is 4. The Balaban J connectivity index is 2.28. The molecular formula is C10H12N4O2. The van der Waals surface area contributed by atoms with Crippen LogP contribution in [0.25, 0.3) is 5.78 Å². The van der Waals surface area contributed by atoms with Crippen LogP contribution in [0.3, 0.4) is 0 Å². The summed E-state index contributed by atoms with van der Waals surface area (Å²) >= 11 is 0. The third kappa shape index (κ3) is 2.01. The summed E-state index contributed by atoms with van der Waals surface area (Å²) in [5.41, 5.74) is 7.09. The first kappa shape index (κ1) is 10.6. The molecule has 84 valence electrons. The molecule has 0 saturated carbocycles. The second-order valence-electron chi connectivity index (χ2n) is 3.70. The van der Waals surface area contributed by atoms with E-state index < -0.39 is 12.0 Å². The van der Waals surface area contributed by atoms with Gasteiger partial charge in [-0.15, -0.1) is 0 Å². The number of nitrogens with zero attached hydrogens (tertiary/aromatic N) is 3. The van der Waals surface area contributed by atoms with Gasteiger partial charge in [0.05, 0.1) is 5.69 Å². The van der Waals surface area contributed by atoms with Crippen LogP contribution >= 0.6 is 0 Å². The number of rotatable bonds is 3. The fraction of sp³-hybridized carbons (Fsp3) is 0.300. The summed E-state index contributed by atoms with van der Waals surface area (Å²) in [6, 6.07) is -0.899. The second kappa shape index (κ2) is 3.90. The summed E-state index contributed by atoms with van der Waals surface area (Å²) in [5, 5.41) is 8.70. The van der Waals surface area contributed by atoms with Crippen molar-refractivity contribution in [3.05, 3.63) is 29.8 Å². The van der Waals surface area contributed by atoms with Gasteiger partial charge in [0.15, 0.2) is 0 Å². The maximum absolute atomic E-state index is 10.6. The standard InChI is InChI=1S/C10H12N4O2/c1-6-4-14-5-7(2-8(11)9(15)16)3-12-10(14)13-6/h3-5,8H,2,11H2,1H3,(H,15,16). The first-order valence-electron chi connectivity index (χ1n) is 4.85. The van der Waals surface area contributed by atoms with Gasteiger partial charge in [0, 0.05) is 25.0 Å². The third-order valence-electron chi connectivity index (χ3n) is 2.26. The monoisotopic (exact) mass is 220 g/mol. The van der Waals surface area contributed by atoms with Gasteiger partial charge >= 0.3 is 5.97 Å². The quantitative estimate of drug-likeness (QED) is 0.758. The Morgan fingerprint density at radius 1 is 1.62 bits per heavy atom. The second-order valence-corrected chi connectivity index (χ2v) is 3.70. The highest BCUT2D eigenvalue weighted by Crippen LogP contribution is 2.05. The van der Waals surface area contributed by atoms with Crippen molar-refractivity contribution in [2.75, 3.05) is 0 Å². The van der Waals surface area contributed by atoms with E-state index in [1.165, 1.54) is 0 Å². The Morgan fingerprint density at radius 2 is 2.38 bits per heavy atom. The lowest BCUT2D eigenvalue weighted by Crippen LogP contribution is -2.32. The van der Waals surface area contributed by atoms with Crippen LogP contribution in [0.15, 0.2) is 18.6 Å². The van der Waals surface area contributed by atoms with E-state index in [2.05, 4.69) is 9.97 Å². The number of aliphatic carboxylic acids is 1. The largest absolute Gasteiger partial charge is 0.480 e. The van der Waals surface area contributed by atoms with Crippen LogP contribution in [0.5, 0.6) is 0 Å². The molecule has 0 aliphatic carbocycles. The number of carbonyl (C=O) groups is 1. The zero-order valence-corrected chi connectivity index (χ0v) is 8.79. The summed E-state index contributed by atoms with van der Waals surface area (Å²) < 4.78 is 1.76. The lowest BCUT2D eigenvalue weighted by molar-refractivity contribution is -0.138. The molecule has 2 aromatic rings. The predicted molar refractivity (Wildman–Crippen MR) is 57.0 cm³/mol. The molecule has 0 radical (unpaired) electrons. The Kier molecular flexibility index (Phi) is 2.57. The van der Waals surface area contributed by atoms with E-state index in [1.807, 2.05) is 13.1 Å². The van der Waals surface area contributed by atoms with Gasteiger partial charge in [-0.05, 0) is 12.5 Å². The summed E-state index contributed by atoms with van der Waals surface area (Å²) in [7, 11) is 0. The maximum Gasteiger partial charge on any atom is 0.320 e. The minimum atomic E-state index is -1.01. The van der Waals surface area contributed by atoms with E-state index >= 15 is 0 Å². The molecule has 6 heteroatoms. The van der Waals surface area contributed by atoms with Crippen molar-refractivity contribution in [1.82, 2.24) is 14.4 Å². The molecule has 2 aromatic heterocycles. The molecule has 1 atom stereocenters. The van der Waals surface area contributed by atoms with Crippen molar-refractivity contribution in [3.63, 3.8) is 0 Å². The minimum absolute atomic E-state index is 0.259. The van der Waals surface area contributed by atoms with Crippen molar-refractivity contribution in [2.24, 2.45) is 5.73 Å².